The van der Waals surface area contributed by atoms with Crippen molar-refractivity contribution in [3.63, 3.8) is 0 Å². The summed E-state index contributed by atoms with van der Waals surface area (Å²) in [6.45, 7) is 3.89. The minimum absolute atomic E-state index is 0.0374. The fourth-order valence-corrected chi connectivity index (χ4v) is 2.25. The number of aryl methyl sites for hydroxylation is 1. The van der Waals surface area contributed by atoms with Crippen molar-refractivity contribution in [1.29, 1.82) is 0 Å². The van der Waals surface area contributed by atoms with Gasteiger partial charge in [-0.2, -0.15) is 0 Å². The highest BCUT2D eigenvalue weighted by molar-refractivity contribution is 5.94. The van der Waals surface area contributed by atoms with Gasteiger partial charge in [0.05, 0.1) is 5.56 Å². The van der Waals surface area contributed by atoms with E-state index < -0.39 is 5.97 Å². The summed E-state index contributed by atoms with van der Waals surface area (Å²) in [5.74, 6) is -1.21. The highest BCUT2D eigenvalue weighted by Gasteiger charge is 2.12. The number of benzene rings is 2. The van der Waals surface area contributed by atoms with Crippen LogP contribution in [0.4, 0.5) is 10.1 Å². The molecule has 21 heavy (non-hydrogen) atoms. The van der Waals surface area contributed by atoms with E-state index in [1.807, 2.05) is 19.9 Å². The Bertz CT molecular complexity index is 638. The molecule has 0 aliphatic rings. The van der Waals surface area contributed by atoms with Gasteiger partial charge in [-0.15, -0.1) is 0 Å². The van der Waals surface area contributed by atoms with E-state index in [1.165, 1.54) is 12.1 Å². The second kappa shape index (κ2) is 6.39. The molecule has 0 amide bonds. The van der Waals surface area contributed by atoms with Crippen molar-refractivity contribution >= 4 is 11.7 Å². The second-order valence-electron chi connectivity index (χ2n) is 5.23. The number of anilines is 1. The van der Waals surface area contributed by atoms with E-state index in [4.69, 9.17) is 0 Å². The third-order valence-corrected chi connectivity index (χ3v) is 3.26. The zero-order chi connectivity index (χ0) is 15.4. The summed E-state index contributed by atoms with van der Waals surface area (Å²) >= 11 is 0. The van der Waals surface area contributed by atoms with Gasteiger partial charge in [0.1, 0.15) is 5.82 Å². The number of carbonyl (C=O) groups is 1. The predicted molar refractivity (Wildman–Crippen MR) is 81.3 cm³/mol. The van der Waals surface area contributed by atoms with Crippen molar-refractivity contribution in [2.45, 2.75) is 26.3 Å². The van der Waals surface area contributed by atoms with Crippen LogP contribution >= 0.6 is 0 Å². The van der Waals surface area contributed by atoms with Crippen molar-refractivity contribution in [3.8, 4) is 0 Å². The van der Waals surface area contributed by atoms with Crippen LogP contribution in [-0.4, -0.2) is 17.1 Å². The maximum atomic E-state index is 12.9. The molecule has 0 aliphatic heterocycles. The predicted octanol–water partition coefficient (Wildman–Crippen LogP) is 3.88. The molecule has 0 fully saturated rings. The van der Waals surface area contributed by atoms with E-state index in [9.17, 15) is 14.3 Å². The van der Waals surface area contributed by atoms with Gasteiger partial charge in [-0.3, -0.25) is 0 Å². The minimum Gasteiger partial charge on any atom is -0.478 e. The number of rotatable bonds is 5. The first kappa shape index (κ1) is 15.0. The Morgan fingerprint density at radius 2 is 1.90 bits per heavy atom. The molecule has 2 rings (SSSR count). The largest absolute Gasteiger partial charge is 0.478 e. The van der Waals surface area contributed by atoms with Crippen molar-refractivity contribution in [1.82, 2.24) is 0 Å². The van der Waals surface area contributed by atoms with E-state index in [-0.39, 0.29) is 17.4 Å². The average Bonchev–Trinajstić information content (AvgIpc) is 2.41. The number of aromatic carboxylic acids is 1. The van der Waals surface area contributed by atoms with Crippen LogP contribution in [-0.2, 0) is 6.42 Å². The summed E-state index contributed by atoms with van der Waals surface area (Å²) in [7, 11) is 0. The monoisotopic (exact) mass is 287 g/mol. The van der Waals surface area contributed by atoms with Crippen LogP contribution in [0.3, 0.4) is 0 Å². The van der Waals surface area contributed by atoms with Gasteiger partial charge in [0.25, 0.3) is 0 Å². The van der Waals surface area contributed by atoms with E-state index in [0.717, 1.165) is 11.1 Å². The molecule has 2 aromatic rings. The zero-order valence-corrected chi connectivity index (χ0v) is 12.1. The lowest BCUT2D eigenvalue weighted by Gasteiger charge is -2.17. The molecule has 0 bridgehead atoms. The lowest BCUT2D eigenvalue weighted by molar-refractivity contribution is 0.0698. The standard InChI is InChI=1S/C17H18FNO2/c1-11-3-8-15(17(20)21)16(9-11)19-12(2)10-13-4-6-14(18)7-5-13/h3-9,12,19H,10H2,1-2H3,(H,20,21). The molecular weight excluding hydrogens is 269 g/mol. The van der Waals surface area contributed by atoms with Gasteiger partial charge in [0.2, 0.25) is 0 Å². The molecule has 2 N–H and O–H groups in total. The van der Waals surface area contributed by atoms with Crippen molar-refractivity contribution in [2.24, 2.45) is 0 Å². The Hall–Kier alpha value is -2.36. The molecule has 3 nitrogen and oxygen atoms in total. The normalized spacial score (nSPS) is 12.0. The maximum absolute atomic E-state index is 12.9. The third-order valence-electron chi connectivity index (χ3n) is 3.26. The zero-order valence-electron chi connectivity index (χ0n) is 12.1. The first-order valence-corrected chi connectivity index (χ1v) is 6.80. The van der Waals surface area contributed by atoms with Gasteiger partial charge in [0, 0.05) is 11.7 Å². The molecule has 0 aliphatic carbocycles. The molecule has 0 saturated heterocycles. The number of hydrogen-bond acceptors (Lipinski definition) is 2. The quantitative estimate of drug-likeness (QED) is 0.877. The molecule has 0 heterocycles. The Morgan fingerprint density at radius 1 is 1.24 bits per heavy atom. The number of halogens is 1. The second-order valence-corrected chi connectivity index (χ2v) is 5.23. The molecule has 0 aromatic heterocycles. The summed E-state index contributed by atoms with van der Waals surface area (Å²) in [5, 5.41) is 12.4. The van der Waals surface area contributed by atoms with Crippen LogP contribution in [0.5, 0.6) is 0 Å². The fraction of sp³-hybridized carbons (Fsp3) is 0.235. The number of carboxylic acids is 1. The highest BCUT2D eigenvalue weighted by Crippen LogP contribution is 2.19. The molecule has 1 unspecified atom stereocenters. The summed E-state index contributed by atoms with van der Waals surface area (Å²) in [6.07, 6.45) is 0.688. The number of hydrogen-bond donors (Lipinski definition) is 2. The van der Waals surface area contributed by atoms with Crippen LogP contribution in [0.25, 0.3) is 0 Å². The van der Waals surface area contributed by atoms with Crippen molar-refractivity contribution in [2.75, 3.05) is 5.32 Å². The van der Waals surface area contributed by atoms with Gasteiger partial charge in [0.15, 0.2) is 0 Å². The molecule has 0 radical (unpaired) electrons. The summed E-state index contributed by atoms with van der Waals surface area (Å²) in [6, 6.07) is 11.6. The van der Waals surface area contributed by atoms with E-state index in [0.29, 0.717) is 12.1 Å². The lowest BCUT2D eigenvalue weighted by atomic mass is 10.0. The number of nitrogens with one attached hydrogen (secondary N) is 1. The Balaban J connectivity index is 2.12. The Kier molecular flexibility index (Phi) is 4.58. The van der Waals surface area contributed by atoms with Gasteiger partial charge in [-0.05, 0) is 55.7 Å². The summed E-state index contributed by atoms with van der Waals surface area (Å²) in [4.78, 5) is 11.2. The summed E-state index contributed by atoms with van der Waals surface area (Å²) in [5.41, 5.74) is 2.86. The molecule has 0 spiro atoms. The maximum Gasteiger partial charge on any atom is 0.337 e. The van der Waals surface area contributed by atoms with E-state index in [2.05, 4.69) is 5.32 Å². The highest BCUT2D eigenvalue weighted by atomic mass is 19.1. The molecule has 110 valence electrons. The summed E-state index contributed by atoms with van der Waals surface area (Å²) < 4.78 is 12.9. The first-order valence-electron chi connectivity index (χ1n) is 6.80. The lowest BCUT2D eigenvalue weighted by Crippen LogP contribution is -2.20. The van der Waals surface area contributed by atoms with Gasteiger partial charge in [-0.25, -0.2) is 9.18 Å². The molecule has 4 heteroatoms. The number of carboxylic acid groups (broad SMARTS) is 1. The van der Waals surface area contributed by atoms with Gasteiger partial charge < -0.3 is 10.4 Å². The Morgan fingerprint density at radius 3 is 2.52 bits per heavy atom. The van der Waals surface area contributed by atoms with Gasteiger partial charge >= 0.3 is 5.97 Å². The van der Waals surface area contributed by atoms with Crippen LogP contribution in [0.15, 0.2) is 42.5 Å². The smallest absolute Gasteiger partial charge is 0.337 e. The molecular formula is C17H18FNO2. The third kappa shape index (κ3) is 4.05. The van der Waals surface area contributed by atoms with Crippen molar-refractivity contribution < 1.29 is 14.3 Å². The van der Waals surface area contributed by atoms with Crippen LogP contribution in [0.1, 0.15) is 28.4 Å². The molecule has 2 aromatic carbocycles. The minimum atomic E-state index is -0.952. The average molecular weight is 287 g/mol. The molecule has 1 atom stereocenters. The Labute approximate surface area is 123 Å². The van der Waals surface area contributed by atoms with Crippen molar-refractivity contribution in [3.05, 3.63) is 65.0 Å². The first-order chi connectivity index (χ1) is 9.95. The van der Waals surface area contributed by atoms with Gasteiger partial charge in [-0.1, -0.05) is 18.2 Å². The van der Waals surface area contributed by atoms with Crippen LogP contribution in [0.2, 0.25) is 0 Å². The molecule has 0 saturated carbocycles. The van der Waals surface area contributed by atoms with Crippen LogP contribution < -0.4 is 5.32 Å². The topological polar surface area (TPSA) is 49.3 Å². The fourth-order valence-electron chi connectivity index (χ4n) is 2.25. The van der Waals surface area contributed by atoms with Crippen LogP contribution in [0, 0.1) is 12.7 Å². The van der Waals surface area contributed by atoms with E-state index in [1.54, 1.807) is 24.3 Å². The SMILES string of the molecule is Cc1ccc(C(=O)O)c(NC(C)Cc2ccc(F)cc2)c1. The van der Waals surface area contributed by atoms with E-state index >= 15 is 0 Å².